The molecule has 7 nitrogen and oxygen atoms in total. The maximum Gasteiger partial charge on any atom is 0.243 e. The van der Waals surface area contributed by atoms with Gasteiger partial charge in [0.15, 0.2) is 11.9 Å². The van der Waals surface area contributed by atoms with Crippen molar-refractivity contribution in [3.05, 3.63) is 77.4 Å². The number of nitrogens with zero attached hydrogens (tertiary/aromatic N) is 4. The normalized spacial score (nSPS) is 15.7. The molecule has 2 aromatic carbocycles. The molecule has 0 unspecified atom stereocenters. The molecule has 33 heavy (non-hydrogen) atoms. The van der Waals surface area contributed by atoms with Gasteiger partial charge in [0.1, 0.15) is 11.3 Å². The fraction of sp³-hybridized carbons (Fsp3) is 0.208. The summed E-state index contributed by atoms with van der Waals surface area (Å²) in [4.78, 5) is 20.5. The second-order valence-corrected chi connectivity index (χ2v) is 10.3. The minimum Gasteiger partial charge on any atom is -0.305 e. The Labute approximate surface area is 196 Å². The van der Waals surface area contributed by atoms with Crippen LogP contribution in [0.1, 0.15) is 29.2 Å². The van der Waals surface area contributed by atoms with E-state index >= 15 is 0 Å². The molecule has 1 aliphatic heterocycles. The van der Waals surface area contributed by atoms with Crippen molar-refractivity contribution in [3.63, 3.8) is 0 Å². The maximum atomic E-state index is 13.2. The van der Waals surface area contributed by atoms with Gasteiger partial charge in [-0.15, -0.1) is 0 Å². The molecule has 0 N–H and O–H groups in total. The van der Waals surface area contributed by atoms with Crippen molar-refractivity contribution in [2.45, 2.75) is 23.8 Å². The van der Waals surface area contributed by atoms with Crippen LogP contribution < -0.4 is 0 Å². The third kappa shape index (κ3) is 3.94. The molecule has 0 bridgehead atoms. The van der Waals surface area contributed by atoms with Crippen LogP contribution >= 0.6 is 11.6 Å². The molecule has 1 aliphatic rings. The van der Waals surface area contributed by atoms with E-state index in [-0.39, 0.29) is 21.5 Å². The number of rotatable bonds is 5. The second-order valence-electron chi connectivity index (χ2n) is 7.95. The highest BCUT2D eigenvalue weighted by molar-refractivity contribution is 7.89. The zero-order chi connectivity index (χ0) is 23.0. The first-order valence-corrected chi connectivity index (χ1v) is 12.4. The summed E-state index contributed by atoms with van der Waals surface area (Å²) in [5.41, 5.74) is 2.88. The monoisotopic (exact) mass is 480 g/mol. The second kappa shape index (κ2) is 8.70. The van der Waals surface area contributed by atoms with Crippen LogP contribution in [-0.2, 0) is 10.0 Å². The fourth-order valence-electron chi connectivity index (χ4n) is 4.32. The standard InChI is InChI=1S/C24H21ClN4O3S/c25-21-15-20(9-8-18(21)16-30)33(31,32)28-13-10-19(11-14-28)29-23(17-5-2-1-3-6-17)27-22-7-4-12-26-24(22)29/h1-9,12,15-16,19H,10-11,13-14H2. The molecule has 1 fully saturated rings. The smallest absolute Gasteiger partial charge is 0.243 e. The van der Waals surface area contributed by atoms with Crippen LogP contribution in [0.4, 0.5) is 0 Å². The predicted molar refractivity (Wildman–Crippen MR) is 127 cm³/mol. The first-order chi connectivity index (χ1) is 16.0. The van der Waals surface area contributed by atoms with Crippen molar-refractivity contribution in [3.8, 4) is 11.4 Å². The van der Waals surface area contributed by atoms with Gasteiger partial charge < -0.3 is 4.57 Å². The number of hydrogen-bond acceptors (Lipinski definition) is 5. The summed E-state index contributed by atoms with van der Waals surface area (Å²) in [5, 5.41) is 0.129. The summed E-state index contributed by atoms with van der Waals surface area (Å²) < 4.78 is 30.0. The van der Waals surface area contributed by atoms with E-state index in [1.807, 2.05) is 42.5 Å². The predicted octanol–water partition coefficient (Wildman–Crippen LogP) is 4.59. The Hall–Kier alpha value is -3.07. The van der Waals surface area contributed by atoms with Gasteiger partial charge in [0.25, 0.3) is 0 Å². The summed E-state index contributed by atoms with van der Waals surface area (Å²) in [5.74, 6) is 0.835. The first kappa shape index (κ1) is 21.8. The molecule has 4 aromatic rings. The molecule has 0 spiro atoms. The van der Waals surface area contributed by atoms with E-state index in [1.165, 1.54) is 22.5 Å². The number of aromatic nitrogens is 3. The Bertz CT molecular complexity index is 1430. The largest absolute Gasteiger partial charge is 0.305 e. The lowest BCUT2D eigenvalue weighted by Crippen LogP contribution is -2.39. The summed E-state index contributed by atoms with van der Waals surface area (Å²) in [6, 6.07) is 18.0. The number of benzene rings is 2. The molecule has 0 saturated carbocycles. The number of carbonyl (C=O) groups is 1. The van der Waals surface area contributed by atoms with Crippen LogP contribution in [-0.4, -0.2) is 46.6 Å². The molecule has 0 atom stereocenters. The summed E-state index contributed by atoms with van der Waals surface area (Å²) in [7, 11) is -3.71. The van der Waals surface area contributed by atoms with Crippen LogP contribution in [0.5, 0.6) is 0 Å². The van der Waals surface area contributed by atoms with Crippen molar-refractivity contribution in [2.24, 2.45) is 0 Å². The van der Waals surface area contributed by atoms with Crippen LogP contribution in [0.25, 0.3) is 22.6 Å². The number of carbonyl (C=O) groups excluding carboxylic acids is 1. The summed E-state index contributed by atoms with van der Waals surface area (Å²) >= 11 is 6.06. The van der Waals surface area contributed by atoms with E-state index in [2.05, 4.69) is 9.55 Å². The van der Waals surface area contributed by atoms with Crippen LogP contribution in [0, 0.1) is 0 Å². The van der Waals surface area contributed by atoms with Crippen LogP contribution in [0.15, 0.2) is 71.8 Å². The Morgan fingerprint density at radius 2 is 1.76 bits per heavy atom. The molecule has 0 radical (unpaired) electrons. The number of imidazole rings is 1. The summed E-state index contributed by atoms with van der Waals surface area (Å²) in [6.45, 7) is 0.724. The number of fused-ring (bicyclic) bond motifs is 1. The van der Waals surface area contributed by atoms with Crippen molar-refractivity contribution >= 4 is 39.1 Å². The van der Waals surface area contributed by atoms with Crippen molar-refractivity contribution < 1.29 is 13.2 Å². The van der Waals surface area contributed by atoms with Crippen molar-refractivity contribution in [1.29, 1.82) is 0 Å². The lowest BCUT2D eigenvalue weighted by Gasteiger charge is -2.32. The van der Waals surface area contributed by atoms with Gasteiger partial charge in [-0.25, -0.2) is 18.4 Å². The Morgan fingerprint density at radius 1 is 1.00 bits per heavy atom. The highest BCUT2D eigenvalue weighted by atomic mass is 35.5. The van der Waals surface area contributed by atoms with E-state index in [0.29, 0.717) is 32.2 Å². The topological polar surface area (TPSA) is 85.2 Å². The lowest BCUT2D eigenvalue weighted by molar-refractivity contribution is 0.112. The van der Waals surface area contributed by atoms with Gasteiger partial charge in [-0.3, -0.25) is 4.79 Å². The van der Waals surface area contributed by atoms with Gasteiger partial charge in [-0.2, -0.15) is 4.31 Å². The van der Waals surface area contributed by atoms with E-state index in [0.717, 1.165) is 22.6 Å². The summed E-state index contributed by atoms with van der Waals surface area (Å²) in [6.07, 6.45) is 3.61. The molecule has 3 heterocycles. The average Bonchev–Trinajstić information content (AvgIpc) is 3.24. The number of halogens is 1. The van der Waals surface area contributed by atoms with Gasteiger partial charge in [-0.1, -0.05) is 41.9 Å². The first-order valence-electron chi connectivity index (χ1n) is 10.6. The van der Waals surface area contributed by atoms with Gasteiger partial charge in [0.05, 0.1) is 9.92 Å². The highest BCUT2D eigenvalue weighted by Gasteiger charge is 2.32. The van der Waals surface area contributed by atoms with Crippen LogP contribution in [0.2, 0.25) is 5.02 Å². The lowest BCUT2D eigenvalue weighted by atomic mass is 10.1. The van der Waals surface area contributed by atoms with Gasteiger partial charge in [0, 0.05) is 36.5 Å². The molecule has 168 valence electrons. The van der Waals surface area contributed by atoms with E-state index in [1.54, 1.807) is 6.20 Å². The zero-order valence-electron chi connectivity index (χ0n) is 17.6. The fourth-order valence-corrected chi connectivity index (χ4v) is 6.11. The third-order valence-corrected chi connectivity index (χ3v) is 8.23. The number of aldehydes is 1. The third-order valence-electron chi connectivity index (χ3n) is 6.01. The highest BCUT2D eigenvalue weighted by Crippen LogP contribution is 2.34. The molecule has 2 aromatic heterocycles. The SMILES string of the molecule is O=Cc1ccc(S(=O)(=O)N2CCC(n3c(-c4ccccc4)nc4cccnc43)CC2)cc1Cl. The quantitative estimate of drug-likeness (QED) is 0.390. The average molecular weight is 481 g/mol. The van der Waals surface area contributed by atoms with Gasteiger partial charge >= 0.3 is 0 Å². The molecular weight excluding hydrogens is 460 g/mol. The molecule has 0 amide bonds. The molecule has 9 heteroatoms. The van der Waals surface area contributed by atoms with Gasteiger partial charge in [0.2, 0.25) is 10.0 Å². The Kier molecular flexibility index (Phi) is 5.74. The van der Waals surface area contributed by atoms with Crippen molar-refractivity contribution in [2.75, 3.05) is 13.1 Å². The molecule has 5 rings (SSSR count). The zero-order valence-corrected chi connectivity index (χ0v) is 19.2. The maximum absolute atomic E-state index is 13.2. The number of sulfonamides is 1. The van der Waals surface area contributed by atoms with E-state index < -0.39 is 10.0 Å². The number of pyridine rings is 1. The minimum absolute atomic E-state index is 0.0626. The number of piperidine rings is 1. The molecular formula is C24H21ClN4O3S. The van der Waals surface area contributed by atoms with Crippen LogP contribution in [0.3, 0.4) is 0 Å². The van der Waals surface area contributed by atoms with E-state index in [9.17, 15) is 13.2 Å². The van der Waals surface area contributed by atoms with E-state index in [4.69, 9.17) is 16.6 Å². The number of hydrogen-bond donors (Lipinski definition) is 0. The Morgan fingerprint density at radius 3 is 2.45 bits per heavy atom. The molecule has 1 saturated heterocycles. The minimum atomic E-state index is -3.71. The molecule has 0 aliphatic carbocycles. The van der Waals surface area contributed by atoms with Crippen molar-refractivity contribution in [1.82, 2.24) is 18.8 Å². The Balaban J connectivity index is 1.44. The van der Waals surface area contributed by atoms with Gasteiger partial charge in [-0.05, 0) is 43.2 Å².